The number of aliphatic hydroxyl groups is 1. The highest BCUT2D eigenvalue weighted by atomic mass is 19.3. The zero-order valence-electron chi connectivity index (χ0n) is 11.1. The number of likely N-dealkylation sites (tertiary alicyclic amines) is 1. The van der Waals surface area contributed by atoms with E-state index < -0.39 is 29.0 Å². The Bertz CT molecular complexity index is 539. The zero-order chi connectivity index (χ0) is 15.7. The number of carbonyl (C=O) groups excluding carboxylic acids is 1. The van der Waals surface area contributed by atoms with Crippen LogP contribution in [0.4, 0.5) is 8.78 Å². The molecule has 7 heteroatoms. The lowest BCUT2D eigenvalue weighted by atomic mass is 9.91. The van der Waals surface area contributed by atoms with Crippen LogP contribution < -0.4 is 0 Å². The van der Waals surface area contributed by atoms with Gasteiger partial charge in [0.15, 0.2) is 5.60 Å². The SMILES string of the molecule is O=C(O)C1(O)CCN(C(=O)C(F)(F)c2ccccc2)CC1. The summed E-state index contributed by atoms with van der Waals surface area (Å²) in [6.45, 7) is -0.436. The molecule has 5 nitrogen and oxygen atoms in total. The molecule has 0 radical (unpaired) electrons. The lowest BCUT2D eigenvalue weighted by Gasteiger charge is -2.36. The summed E-state index contributed by atoms with van der Waals surface area (Å²) in [4.78, 5) is 23.7. The average Bonchev–Trinajstić information content (AvgIpc) is 2.48. The van der Waals surface area contributed by atoms with Gasteiger partial charge in [0.25, 0.3) is 5.91 Å². The summed E-state index contributed by atoms with van der Waals surface area (Å²) in [5.41, 5.74) is -2.35. The minimum absolute atomic E-state index is 0.218. The summed E-state index contributed by atoms with van der Waals surface area (Å²) < 4.78 is 28.2. The molecule has 0 bridgehead atoms. The summed E-state index contributed by atoms with van der Waals surface area (Å²) >= 11 is 0. The molecular formula is C14H15F2NO4. The third kappa shape index (κ3) is 2.87. The molecule has 1 fully saturated rings. The number of carbonyl (C=O) groups is 2. The molecule has 1 aromatic carbocycles. The van der Waals surface area contributed by atoms with Crippen LogP contribution in [-0.2, 0) is 15.5 Å². The third-order valence-corrected chi connectivity index (χ3v) is 3.68. The van der Waals surface area contributed by atoms with Gasteiger partial charge in [0, 0.05) is 31.5 Å². The largest absolute Gasteiger partial charge is 0.479 e. The Morgan fingerprint density at radius 1 is 1.14 bits per heavy atom. The van der Waals surface area contributed by atoms with Crippen LogP contribution in [0.25, 0.3) is 0 Å². The predicted octanol–water partition coefficient (Wildman–Crippen LogP) is 1.22. The molecule has 1 aromatic rings. The van der Waals surface area contributed by atoms with Crippen molar-refractivity contribution in [2.75, 3.05) is 13.1 Å². The number of benzene rings is 1. The van der Waals surface area contributed by atoms with E-state index in [0.717, 1.165) is 17.0 Å². The van der Waals surface area contributed by atoms with Crippen LogP contribution in [0.1, 0.15) is 18.4 Å². The highest BCUT2D eigenvalue weighted by Gasteiger charge is 2.47. The predicted molar refractivity (Wildman–Crippen MR) is 68.7 cm³/mol. The molecular weight excluding hydrogens is 284 g/mol. The van der Waals surface area contributed by atoms with Gasteiger partial charge in [-0.3, -0.25) is 4.79 Å². The Morgan fingerprint density at radius 2 is 1.67 bits per heavy atom. The van der Waals surface area contributed by atoms with Gasteiger partial charge in [0.05, 0.1) is 0 Å². The van der Waals surface area contributed by atoms with Crippen LogP contribution in [0.3, 0.4) is 0 Å². The minimum atomic E-state index is -3.67. The number of carboxylic acid groups (broad SMARTS) is 1. The normalized spacial score (nSPS) is 18.3. The first-order valence-corrected chi connectivity index (χ1v) is 6.46. The first kappa shape index (κ1) is 15.4. The van der Waals surface area contributed by atoms with E-state index in [1.54, 1.807) is 6.07 Å². The molecule has 2 rings (SSSR count). The van der Waals surface area contributed by atoms with Crippen LogP contribution >= 0.6 is 0 Å². The minimum Gasteiger partial charge on any atom is -0.479 e. The Morgan fingerprint density at radius 3 is 2.14 bits per heavy atom. The van der Waals surface area contributed by atoms with Crippen molar-refractivity contribution < 1.29 is 28.6 Å². The fraction of sp³-hybridized carbons (Fsp3) is 0.429. The van der Waals surface area contributed by atoms with Crippen molar-refractivity contribution >= 4 is 11.9 Å². The molecule has 0 atom stereocenters. The fourth-order valence-electron chi connectivity index (χ4n) is 2.26. The highest BCUT2D eigenvalue weighted by molar-refractivity contribution is 5.85. The molecule has 1 aliphatic rings. The van der Waals surface area contributed by atoms with E-state index in [9.17, 15) is 23.5 Å². The van der Waals surface area contributed by atoms with Gasteiger partial charge in [0.2, 0.25) is 0 Å². The second-order valence-corrected chi connectivity index (χ2v) is 5.07. The van der Waals surface area contributed by atoms with Crippen molar-refractivity contribution in [1.82, 2.24) is 4.90 Å². The topological polar surface area (TPSA) is 77.8 Å². The van der Waals surface area contributed by atoms with E-state index >= 15 is 0 Å². The molecule has 1 heterocycles. The van der Waals surface area contributed by atoms with E-state index in [2.05, 4.69) is 0 Å². The quantitative estimate of drug-likeness (QED) is 0.879. The third-order valence-electron chi connectivity index (χ3n) is 3.68. The lowest BCUT2D eigenvalue weighted by Crippen LogP contribution is -2.53. The Kier molecular flexibility index (Phi) is 3.95. The van der Waals surface area contributed by atoms with Gasteiger partial charge in [-0.25, -0.2) is 4.79 Å². The first-order chi connectivity index (χ1) is 9.77. The second-order valence-electron chi connectivity index (χ2n) is 5.07. The molecule has 0 spiro atoms. The number of nitrogens with zero attached hydrogens (tertiary/aromatic N) is 1. The van der Waals surface area contributed by atoms with E-state index in [4.69, 9.17) is 5.11 Å². The molecule has 1 amide bonds. The summed E-state index contributed by atoms with van der Waals surface area (Å²) in [6, 6.07) is 6.72. The Balaban J connectivity index is 2.10. The number of hydrogen-bond donors (Lipinski definition) is 2. The Labute approximate surface area is 119 Å². The highest BCUT2D eigenvalue weighted by Crippen LogP contribution is 2.32. The van der Waals surface area contributed by atoms with E-state index in [0.29, 0.717) is 0 Å². The number of carboxylic acids is 1. The van der Waals surface area contributed by atoms with Crippen LogP contribution in [0.15, 0.2) is 30.3 Å². The van der Waals surface area contributed by atoms with Crippen LogP contribution in [0.2, 0.25) is 0 Å². The summed E-state index contributed by atoms with van der Waals surface area (Å²) in [5, 5.41) is 18.6. The summed E-state index contributed by atoms with van der Waals surface area (Å²) in [6.07, 6.45) is -0.530. The van der Waals surface area contributed by atoms with Gasteiger partial charge in [0.1, 0.15) is 0 Å². The van der Waals surface area contributed by atoms with E-state index in [1.807, 2.05) is 0 Å². The maximum atomic E-state index is 14.1. The van der Waals surface area contributed by atoms with Crippen LogP contribution in [-0.4, -0.2) is 45.7 Å². The standard InChI is InChI=1S/C14H15F2NO4/c15-14(16,10-4-2-1-3-5-10)11(18)17-8-6-13(21,7-9-17)12(19)20/h1-5,21H,6-9H2,(H,19,20). The van der Waals surface area contributed by atoms with Gasteiger partial charge in [-0.05, 0) is 0 Å². The number of amides is 1. The first-order valence-electron chi connectivity index (χ1n) is 6.46. The number of piperidine rings is 1. The van der Waals surface area contributed by atoms with Crippen molar-refractivity contribution in [2.24, 2.45) is 0 Å². The van der Waals surface area contributed by atoms with Crippen molar-refractivity contribution in [3.05, 3.63) is 35.9 Å². The van der Waals surface area contributed by atoms with Gasteiger partial charge >= 0.3 is 11.9 Å². The van der Waals surface area contributed by atoms with Crippen molar-refractivity contribution in [3.8, 4) is 0 Å². The fourth-order valence-corrected chi connectivity index (χ4v) is 2.26. The van der Waals surface area contributed by atoms with Crippen LogP contribution in [0, 0.1) is 0 Å². The molecule has 2 N–H and O–H groups in total. The van der Waals surface area contributed by atoms with E-state index in [-0.39, 0.29) is 25.9 Å². The smallest absolute Gasteiger partial charge is 0.349 e. The number of aliphatic carboxylic acids is 1. The molecule has 0 aliphatic carbocycles. The van der Waals surface area contributed by atoms with Crippen molar-refractivity contribution in [2.45, 2.75) is 24.4 Å². The molecule has 21 heavy (non-hydrogen) atoms. The van der Waals surface area contributed by atoms with Crippen molar-refractivity contribution in [1.29, 1.82) is 0 Å². The average molecular weight is 299 g/mol. The molecule has 0 unspecified atom stereocenters. The monoisotopic (exact) mass is 299 g/mol. The zero-order valence-corrected chi connectivity index (χ0v) is 11.1. The maximum Gasteiger partial charge on any atom is 0.349 e. The van der Waals surface area contributed by atoms with Gasteiger partial charge in [-0.1, -0.05) is 30.3 Å². The molecule has 1 saturated heterocycles. The molecule has 1 aliphatic heterocycles. The number of hydrogen-bond acceptors (Lipinski definition) is 3. The van der Waals surface area contributed by atoms with Crippen LogP contribution in [0.5, 0.6) is 0 Å². The molecule has 0 saturated carbocycles. The van der Waals surface area contributed by atoms with Gasteiger partial charge < -0.3 is 15.1 Å². The number of rotatable bonds is 3. The number of halogens is 2. The molecule has 114 valence electrons. The molecule has 0 aromatic heterocycles. The summed E-state index contributed by atoms with van der Waals surface area (Å²) in [7, 11) is 0. The van der Waals surface area contributed by atoms with Gasteiger partial charge in [-0.15, -0.1) is 0 Å². The Hall–Kier alpha value is -2.02. The van der Waals surface area contributed by atoms with E-state index in [1.165, 1.54) is 12.1 Å². The maximum absolute atomic E-state index is 14.1. The van der Waals surface area contributed by atoms with Gasteiger partial charge in [-0.2, -0.15) is 8.78 Å². The summed E-state index contributed by atoms with van der Waals surface area (Å²) in [5.74, 6) is -6.44. The number of alkyl halides is 2. The second kappa shape index (κ2) is 5.40. The lowest BCUT2D eigenvalue weighted by molar-refractivity contribution is -0.172. The van der Waals surface area contributed by atoms with Crippen molar-refractivity contribution in [3.63, 3.8) is 0 Å².